The third kappa shape index (κ3) is 4.03. The van der Waals surface area contributed by atoms with Gasteiger partial charge in [-0.15, -0.1) is 11.3 Å². The molecule has 1 aromatic carbocycles. The first-order valence-corrected chi connectivity index (χ1v) is 8.67. The van der Waals surface area contributed by atoms with E-state index >= 15 is 0 Å². The summed E-state index contributed by atoms with van der Waals surface area (Å²) in [6.45, 7) is 6.77. The average Bonchev–Trinajstić information content (AvgIpc) is 2.89. The Hall–Kier alpha value is -0.930. The molecule has 1 aromatic heterocycles. The molecular formula is C17H26N2S. The molecule has 1 heterocycles. The molecule has 0 saturated carbocycles. The van der Waals surface area contributed by atoms with E-state index in [0.29, 0.717) is 12.1 Å². The van der Waals surface area contributed by atoms with Crippen molar-refractivity contribution in [2.24, 2.45) is 0 Å². The second-order valence-electron chi connectivity index (χ2n) is 5.54. The summed E-state index contributed by atoms with van der Waals surface area (Å²) in [6.07, 6.45) is 6.37. The maximum absolute atomic E-state index is 4.76. The van der Waals surface area contributed by atoms with E-state index in [1.54, 1.807) is 0 Å². The lowest BCUT2D eigenvalue weighted by molar-refractivity contribution is 0.395. The number of rotatable bonds is 8. The second-order valence-corrected chi connectivity index (χ2v) is 6.60. The minimum Gasteiger partial charge on any atom is -0.305 e. The minimum atomic E-state index is 0.348. The van der Waals surface area contributed by atoms with Gasteiger partial charge in [0.2, 0.25) is 0 Å². The molecule has 0 fully saturated rings. The molecule has 0 aliphatic rings. The fourth-order valence-corrected chi connectivity index (χ4v) is 3.59. The summed E-state index contributed by atoms with van der Waals surface area (Å²) in [7, 11) is 0. The molecule has 2 nitrogen and oxygen atoms in total. The smallest absolute Gasteiger partial charge is 0.111 e. The molecule has 20 heavy (non-hydrogen) atoms. The van der Waals surface area contributed by atoms with Gasteiger partial charge in [-0.25, -0.2) is 4.98 Å². The molecule has 1 N–H and O–H groups in total. The molecule has 2 aromatic rings. The Morgan fingerprint density at radius 2 is 1.95 bits per heavy atom. The lowest BCUT2D eigenvalue weighted by Gasteiger charge is -2.21. The molecular weight excluding hydrogens is 264 g/mol. The van der Waals surface area contributed by atoms with Crippen molar-refractivity contribution in [1.29, 1.82) is 0 Å². The minimum absolute atomic E-state index is 0.348. The highest BCUT2D eigenvalue weighted by Crippen LogP contribution is 2.26. The third-order valence-corrected chi connectivity index (χ3v) is 4.93. The van der Waals surface area contributed by atoms with E-state index in [9.17, 15) is 0 Å². The summed E-state index contributed by atoms with van der Waals surface area (Å²) in [5, 5.41) is 4.99. The summed E-state index contributed by atoms with van der Waals surface area (Å²) in [4.78, 5) is 4.76. The zero-order chi connectivity index (χ0) is 14.4. The van der Waals surface area contributed by atoms with E-state index < -0.39 is 0 Å². The van der Waals surface area contributed by atoms with Gasteiger partial charge in [0.1, 0.15) is 5.01 Å². The van der Waals surface area contributed by atoms with Gasteiger partial charge < -0.3 is 5.32 Å². The Kier molecular flexibility index (Phi) is 5.99. The van der Waals surface area contributed by atoms with Gasteiger partial charge >= 0.3 is 0 Å². The maximum Gasteiger partial charge on any atom is 0.111 e. The Morgan fingerprint density at radius 1 is 1.15 bits per heavy atom. The van der Waals surface area contributed by atoms with Crippen molar-refractivity contribution in [3.8, 4) is 0 Å². The van der Waals surface area contributed by atoms with Crippen molar-refractivity contribution in [2.75, 3.05) is 0 Å². The highest BCUT2D eigenvalue weighted by molar-refractivity contribution is 7.18. The molecule has 0 bridgehead atoms. The summed E-state index contributed by atoms with van der Waals surface area (Å²) in [5.74, 6) is 0. The van der Waals surface area contributed by atoms with E-state index in [-0.39, 0.29) is 0 Å². The zero-order valence-corrected chi connectivity index (χ0v) is 13.7. The molecule has 0 spiro atoms. The topological polar surface area (TPSA) is 24.9 Å². The number of aromatic nitrogens is 1. The van der Waals surface area contributed by atoms with Crippen LogP contribution in [0.4, 0.5) is 0 Å². The van der Waals surface area contributed by atoms with E-state index in [1.807, 2.05) is 11.3 Å². The first kappa shape index (κ1) is 15.5. The van der Waals surface area contributed by atoms with Crippen LogP contribution in [-0.2, 0) is 0 Å². The lowest BCUT2D eigenvalue weighted by Crippen LogP contribution is -2.31. The number of para-hydroxylation sites is 1. The molecule has 110 valence electrons. The quantitative estimate of drug-likeness (QED) is 0.713. The number of nitrogens with zero attached hydrogens (tertiary/aromatic N) is 1. The van der Waals surface area contributed by atoms with Gasteiger partial charge in [0.15, 0.2) is 0 Å². The predicted octanol–water partition coefficient (Wildman–Crippen LogP) is 5.31. The first-order valence-electron chi connectivity index (χ1n) is 7.86. The Balaban J connectivity index is 2.03. The van der Waals surface area contributed by atoms with Crippen LogP contribution in [0, 0.1) is 0 Å². The van der Waals surface area contributed by atoms with Gasteiger partial charge in [-0.2, -0.15) is 0 Å². The summed E-state index contributed by atoms with van der Waals surface area (Å²) < 4.78 is 1.29. The van der Waals surface area contributed by atoms with E-state index in [0.717, 1.165) is 5.52 Å². The predicted molar refractivity (Wildman–Crippen MR) is 89.4 cm³/mol. The van der Waals surface area contributed by atoms with Crippen LogP contribution in [-0.4, -0.2) is 11.0 Å². The van der Waals surface area contributed by atoms with Gasteiger partial charge in [0.25, 0.3) is 0 Å². The fourth-order valence-electron chi connectivity index (χ4n) is 2.61. The molecule has 3 heteroatoms. The summed E-state index contributed by atoms with van der Waals surface area (Å²) >= 11 is 1.82. The van der Waals surface area contributed by atoms with Gasteiger partial charge in [-0.05, 0) is 31.9 Å². The van der Waals surface area contributed by atoms with Crippen LogP contribution < -0.4 is 5.32 Å². The van der Waals surface area contributed by atoms with Crippen LogP contribution >= 0.6 is 11.3 Å². The second kappa shape index (κ2) is 7.75. The Morgan fingerprint density at radius 3 is 2.65 bits per heavy atom. The van der Waals surface area contributed by atoms with Gasteiger partial charge in [0, 0.05) is 6.04 Å². The first-order chi connectivity index (χ1) is 9.74. The fraction of sp³-hybridized carbons (Fsp3) is 0.588. The van der Waals surface area contributed by atoms with Crippen LogP contribution in [0.25, 0.3) is 10.2 Å². The van der Waals surface area contributed by atoms with Crippen molar-refractivity contribution in [3.63, 3.8) is 0 Å². The van der Waals surface area contributed by atoms with Crippen LogP contribution in [0.1, 0.15) is 63.9 Å². The van der Waals surface area contributed by atoms with Crippen LogP contribution in [0.5, 0.6) is 0 Å². The van der Waals surface area contributed by atoms with Gasteiger partial charge in [-0.3, -0.25) is 0 Å². The molecule has 0 aliphatic carbocycles. The van der Waals surface area contributed by atoms with Crippen molar-refractivity contribution in [1.82, 2.24) is 10.3 Å². The van der Waals surface area contributed by atoms with Crippen LogP contribution in [0.15, 0.2) is 24.3 Å². The number of hydrogen-bond acceptors (Lipinski definition) is 3. The molecule has 2 rings (SSSR count). The monoisotopic (exact) mass is 290 g/mol. The zero-order valence-electron chi connectivity index (χ0n) is 12.9. The van der Waals surface area contributed by atoms with Crippen molar-refractivity contribution in [3.05, 3.63) is 29.3 Å². The van der Waals surface area contributed by atoms with Gasteiger partial charge in [-0.1, -0.05) is 45.2 Å². The van der Waals surface area contributed by atoms with E-state index in [2.05, 4.69) is 50.4 Å². The van der Waals surface area contributed by atoms with Crippen LogP contribution in [0.3, 0.4) is 0 Å². The Labute approximate surface area is 126 Å². The maximum atomic E-state index is 4.76. The number of benzene rings is 1. The molecule has 0 radical (unpaired) electrons. The third-order valence-electron chi connectivity index (χ3n) is 3.71. The molecule has 0 aliphatic heterocycles. The SMILES string of the molecule is CCCCC(CCC)NC(C)c1nc2ccccc2s1. The Bertz CT molecular complexity index is 487. The van der Waals surface area contributed by atoms with E-state index in [4.69, 9.17) is 4.98 Å². The highest BCUT2D eigenvalue weighted by Gasteiger charge is 2.15. The molecule has 0 amide bonds. The summed E-state index contributed by atoms with van der Waals surface area (Å²) in [5.41, 5.74) is 1.13. The lowest BCUT2D eigenvalue weighted by atomic mass is 10.0. The number of unbranched alkanes of at least 4 members (excludes halogenated alkanes) is 1. The highest BCUT2D eigenvalue weighted by atomic mass is 32.1. The van der Waals surface area contributed by atoms with Gasteiger partial charge in [0.05, 0.1) is 16.3 Å². The number of thiazole rings is 1. The van der Waals surface area contributed by atoms with Crippen LogP contribution in [0.2, 0.25) is 0 Å². The number of hydrogen-bond donors (Lipinski definition) is 1. The van der Waals surface area contributed by atoms with Crippen molar-refractivity contribution in [2.45, 2.75) is 65.0 Å². The molecule has 0 saturated heterocycles. The standard InChI is InChI=1S/C17H26N2S/c1-4-6-10-14(9-5-2)18-13(3)17-19-15-11-7-8-12-16(15)20-17/h7-8,11-14,18H,4-6,9-10H2,1-3H3. The largest absolute Gasteiger partial charge is 0.305 e. The number of fused-ring (bicyclic) bond motifs is 1. The van der Waals surface area contributed by atoms with E-state index in [1.165, 1.54) is 41.8 Å². The molecule has 2 unspecified atom stereocenters. The number of nitrogens with one attached hydrogen (secondary N) is 1. The normalized spacial score (nSPS) is 14.6. The van der Waals surface area contributed by atoms with Crippen molar-refractivity contribution < 1.29 is 0 Å². The van der Waals surface area contributed by atoms with Crippen molar-refractivity contribution >= 4 is 21.6 Å². The molecule has 2 atom stereocenters. The average molecular weight is 290 g/mol. The summed E-state index contributed by atoms with van der Waals surface area (Å²) in [6, 6.07) is 9.38.